The predicted octanol–water partition coefficient (Wildman–Crippen LogP) is 27.8. The number of para-hydroxylation sites is 3. The van der Waals surface area contributed by atoms with Gasteiger partial charge in [-0.3, -0.25) is 0 Å². The Morgan fingerprint density at radius 1 is 0.196 bits per heavy atom. The molecular formula is C107H75N5. The van der Waals surface area contributed by atoms with E-state index in [1.165, 1.54) is 132 Å². The van der Waals surface area contributed by atoms with Crippen LogP contribution in [0.2, 0.25) is 0 Å². The maximum atomic E-state index is 5.68. The Morgan fingerprint density at radius 2 is 0.509 bits per heavy atom. The number of aromatic nitrogens is 5. The van der Waals surface area contributed by atoms with Crippen LogP contribution in [0.1, 0.15) is 74.9 Å². The summed E-state index contributed by atoms with van der Waals surface area (Å²) in [4.78, 5) is 11.2. The largest absolute Gasteiger partial charge is 0.309 e. The topological polar surface area (TPSA) is 40.6 Å². The summed E-state index contributed by atoms with van der Waals surface area (Å²) in [6, 6.07) is 129. The van der Waals surface area contributed by atoms with E-state index in [9.17, 15) is 0 Å². The molecule has 3 aliphatic carbocycles. The first-order valence-corrected chi connectivity index (χ1v) is 39.3. The molecule has 5 heteroatoms. The minimum atomic E-state index is -0.0519. The van der Waals surface area contributed by atoms with Crippen molar-refractivity contribution in [2.24, 2.45) is 0 Å². The Bertz CT molecular complexity index is 7450. The van der Waals surface area contributed by atoms with E-state index >= 15 is 0 Å². The number of benzene rings is 16. The van der Waals surface area contributed by atoms with E-state index in [2.05, 4.69) is 401 Å². The van der Waals surface area contributed by atoms with Gasteiger partial charge in [0.2, 0.25) is 0 Å². The first-order valence-electron chi connectivity index (χ1n) is 39.3. The van der Waals surface area contributed by atoms with Crippen molar-refractivity contribution in [3.63, 3.8) is 0 Å². The molecule has 0 saturated carbocycles. The van der Waals surface area contributed by atoms with E-state index in [4.69, 9.17) is 9.97 Å². The lowest BCUT2D eigenvalue weighted by atomic mass is 9.82. The minimum Gasteiger partial charge on any atom is -0.309 e. The Hall–Kier alpha value is -13.7. The molecule has 0 atom stereocenters. The van der Waals surface area contributed by atoms with Gasteiger partial charge in [0.05, 0.1) is 44.3 Å². The molecule has 0 aliphatic heterocycles. The fraction of sp³-hybridized carbons (Fsp3) is 0.0841. The van der Waals surface area contributed by atoms with E-state index in [-0.39, 0.29) is 16.2 Å². The van der Waals surface area contributed by atoms with Crippen LogP contribution in [-0.4, -0.2) is 23.7 Å². The predicted molar refractivity (Wildman–Crippen MR) is 468 cm³/mol. The van der Waals surface area contributed by atoms with Crippen molar-refractivity contribution in [3.05, 3.63) is 379 Å². The van der Waals surface area contributed by atoms with Crippen LogP contribution >= 0.6 is 0 Å². The molecule has 0 amide bonds. The van der Waals surface area contributed by atoms with Gasteiger partial charge in [0, 0.05) is 82.1 Å². The Morgan fingerprint density at radius 3 is 0.938 bits per heavy atom. The van der Waals surface area contributed by atoms with E-state index in [0.717, 1.165) is 89.0 Å². The van der Waals surface area contributed by atoms with Crippen molar-refractivity contribution in [1.29, 1.82) is 0 Å². The number of nitrogens with zero attached hydrogens (tertiary/aromatic N) is 5. The van der Waals surface area contributed by atoms with Crippen molar-refractivity contribution in [1.82, 2.24) is 23.7 Å². The summed E-state index contributed by atoms with van der Waals surface area (Å²) in [5.74, 6) is 0.662. The molecular weight excluding hydrogens is 1360 g/mol. The Kier molecular flexibility index (Phi) is 13.6. The van der Waals surface area contributed by atoms with Crippen LogP contribution in [0.3, 0.4) is 0 Å². The molecule has 0 fully saturated rings. The van der Waals surface area contributed by atoms with Crippen LogP contribution in [-0.2, 0) is 16.2 Å². The molecule has 0 N–H and O–H groups in total. The normalized spacial score (nSPS) is 14.0. The zero-order chi connectivity index (χ0) is 74.6. The third kappa shape index (κ3) is 9.37. The molecule has 5 nitrogen and oxygen atoms in total. The fourth-order valence-corrected chi connectivity index (χ4v) is 20.0. The van der Waals surface area contributed by atoms with Gasteiger partial charge in [-0.25, -0.2) is 9.97 Å². The fourth-order valence-electron chi connectivity index (χ4n) is 20.0. The lowest BCUT2D eigenvalue weighted by Crippen LogP contribution is -2.14. The first kappa shape index (κ1) is 64.3. The summed E-state index contributed by atoms with van der Waals surface area (Å²) in [6.45, 7) is 14.1. The first-order chi connectivity index (χ1) is 54.8. The standard InChI is InChI=1S/C107H75N5/c1-105(2)90-28-13-7-22-77(90)83-57-67(38-49-93(83)105)71-42-53-100-86(60-71)80-25-10-16-31-97(80)110(100)74-45-34-64(35-46-74)103-89-63-70(66-20-19-21-76(56-66)112-99-33-18-12-27-82(99)88-62-73(44-55-102(88)112)69-40-51-95-85(59-69)79-24-9-15-30-92(79)107(95,5)6)41-52-96(89)108-104(109-103)65-36-47-75(48-37-65)111-98-32-17-11-26-81(98)87-61-72(43-54-101(87)111)68-39-50-94-84(58-68)78-23-8-14-29-91(78)106(94,3)4/h7-63H,1-6H3. The van der Waals surface area contributed by atoms with E-state index in [1.54, 1.807) is 0 Å². The third-order valence-electron chi connectivity index (χ3n) is 25.7. The van der Waals surface area contributed by atoms with Gasteiger partial charge >= 0.3 is 0 Å². The van der Waals surface area contributed by atoms with Crippen LogP contribution in [0, 0.1) is 0 Å². The summed E-state index contributed by atoms with van der Waals surface area (Å²) in [7, 11) is 0. The maximum absolute atomic E-state index is 5.68. The monoisotopic (exact) mass is 1430 g/mol. The highest BCUT2D eigenvalue weighted by atomic mass is 15.0. The van der Waals surface area contributed by atoms with Crippen LogP contribution in [0.4, 0.5) is 0 Å². The van der Waals surface area contributed by atoms with Crippen molar-refractivity contribution < 1.29 is 0 Å². The molecule has 16 aromatic carbocycles. The highest BCUT2D eigenvalue weighted by Gasteiger charge is 2.38. The Balaban J connectivity index is 0.628. The highest BCUT2D eigenvalue weighted by molar-refractivity contribution is 6.14. The van der Waals surface area contributed by atoms with Crippen LogP contribution < -0.4 is 0 Å². The third-order valence-corrected chi connectivity index (χ3v) is 25.7. The van der Waals surface area contributed by atoms with Gasteiger partial charge in [0.15, 0.2) is 5.82 Å². The highest BCUT2D eigenvalue weighted by Crippen LogP contribution is 2.54. The summed E-state index contributed by atoms with van der Waals surface area (Å²) in [5.41, 5.74) is 39.5. The smallest absolute Gasteiger partial charge is 0.160 e. The van der Waals surface area contributed by atoms with Crippen molar-refractivity contribution in [2.45, 2.75) is 57.8 Å². The summed E-state index contributed by atoms with van der Waals surface area (Å²) < 4.78 is 7.26. The molecule has 4 aromatic heterocycles. The summed E-state index contributed by atoms with van der Waals surface area (Å²) in [5, 5.41) is 8.28. The summed E-state index contributed by atoms with van der Waals surface area (Å²) in [6.07, 6.45) is 0. The molecule has 0 unspecified atom stereocenters. The molecule has 3 aliphatic rings. The number of hydrogen-bond acceptors (Lipinski definition) is 2. The van der Waals surface area contributed by atoms with E-state index in [0.29, 0.717) is 5.82 Å². The second-order valence-electron chi connectivity index (χ2n) is 32.8. The zero-order valence-electron chi connectivity index (χ0n) is 63.1. The molecule has 0 bridgehead atoms. The van der Waals surface area contributed by atoms with Gasteiger partial charge in [-0.1, -0.05) is 254 Å². The van der Waals surface area contributed by atoms with Gasteiger partial charge < -0.3 is 13.7 Å². The lowest BCUT2D eigenvalue weighted by molar-refractivity contribution is 0.660. The average molecular weight is 1430 g/mol. The zero-order valence-corrected chi connectivity index (χ0v) is 63.1. The van der Waals surface area contributed by atoms with Crippen molar-refractivity contribution in [3.8, 4) is 118 Å². The van der Waals surface area contributed by atoms with Gasteiger partial charge in [0.25, 0.3) is 0 Å². The molecule has 20 aromatic rings. The van der Waals surface area contributed by atoms with E-state index in [1.807, 2.05) is 0 Å². The second kappa shape index (κ2) is 23.6. The molecule has 4 heterocycles. The molecule has 0 radical (unpaired) electrons. The molecule has 0 spiro atoms. The molecule has 528 valence electrons. The molecule has 0 saturated heterocycles. The van der Waals surface area contributed by atoms with Crippen LogP contribution in [0.15, 0.2) is 346 Å². The maximum Gasteiger partial charge on any atom is 0.160 e. The second-order valence-corrected chi connectivity index (χ2v) is 32.8. The minimum absolute atomic E-state index is 0.0475. The van der Waals surface area contributed by atoms with Crippen LogP contribution in [0.5, 0.6) is 0 Å². The van der Waals surface area contributed by atoms with Gasteiger partial charge in [-0.05, 0) is 245 Å². The Labute approximate surface area is 650 Å². The van der Waals surface area contributed by atoms with Gasteiger partial charge in [-0.15, -0.1) is 0 Å². The average Bonchev–Trinajstić information content (AvgIpc) is 1.55. The van der Waals surface area contributed by atoms with E-state index < -0.39 is 0 Å². The lowest BCUT2D eigenvalue weighted by Gasteiger charge is -2.21. The van der Waals surface area contributed by atoms with Crippen molar-refractivity contribution in [2.75, 3.05) is 0 Å². The quantitative estimate of drug-likeness (QED) is 0.144. The molecule has 112 heavy (non-hydrogen) atoms. The summed E-state index contributed by atoms with van der Waals surface area (Å²) >= 11 is 0. The number of rotatable bonds is 9. The number of fused-ring (bicyclic) bond motifs is 19. The van der Waals surface area contributed by atoms with Crippen molar-refractivity contribution >= 4 is 76.3 Å². The SMILES string of the molecule is CC1(C)c2ccccc2-c2cc(-c3ccc4c(c3)c3ccccc3n4-c3ccc(-c4nc(-c5ccc(-n6c7ccccc7c7cc(-c8ccc9c(c8)-c8ccccc8C9(C)C)ccc76)cc5)c5cc(-c6cccc(-n7c8ccccc8c8cc(-c9ccc%10c(c9)-c9ccccc9C%10(C)C)ccc87)c6)ccc5n4)cc3)ccc21. The number of hydrogen-bond donors (Lipinski definition) is 0. The van der Waals surface area contributed by atoms with Crippen LogP contribution in [0.25, 0.3) is 194 Å². The molecule has 23 rings (SSSR count). The van der Waals surface area contributed by atoms with Gasteiger partial charge in [-0.2, -0.15) is 0 Å². The van der Waals surface area contributed by atoms with Gasteiger partial charge in [0.1, 0.15) is 0 Å².